The summed E-state index contributed by atoms with van der Waals surface area (Å²) in [5, 5.41) is 0. The first-order valence-electron chi connectivity index (χ1n) is 12.6. The van der Waals surface area contributed by atoms with E-state index in [0.717, 1.165) is 6.42 Å². The van der Waals surface area contributed by atoms with E-state index in [1.165, 1.54) is 51.0 Å². The minimum absolute atomic E-state index is 0.338. The standard InChI is InChI=1S/C29H46O4/c1-4-7-8-9-10-11-12-13-14-15-16-17-18-19-20-21-22-23-24-25-29(30)33-28(26-31-5-2)27-32-6-3/h14-25,28H,4-13,26-27H2,1-3H3/b15-14+,17-16+,19-18+,21-20+,23-22+,25-24+. The van der Waals surface area contributed by atoms with Crippen LogP contribution in [0.25, 0.3) is 0 Å². The minimum atomic E-state index is -0.405. The van der Waals surface area contributed by atoms with Crippen LogP contribution in [0.4, 0.5) is 0 Å². The predicted octanol–water partition coefficient (Wildman–Crippen LogP) is 7.45. The van der Waals surface area contributed by atoms with Gasteiger partial charge in [0.1, 0.15) is 6.10 Å². The van der Waals surface area contributed by atoms with Crippen LogP contribution in [0.2, 0.25) is 0 Å². The molecule has 33 heavy (non-hydrogen) atoms. The van der Waals surface area contributed by atoms with Crippen molar-refractivity contribution in [2.45, 2.75) is 78.2 Å². The lowest BCUT2D eigenvalue weighted by atomic mass is 10.1. The van der Waals surface area contributed by atoms with Gasteiger partial charge in [-0.25, -0.2) is 4.79 Å². The van der Waals surface area contributed by atoms with E-state index in [9.17, 15) is 4.79 Å². The Morgan fingerprint density at radius 2 is 1.12 bits per heavy atom. The van der Waals surface area contributed by atoms with Crippen molar-refractivity contribution >= 4 is 5.97 Å². The van der Waals surface area contributed by atoms with E-state index in [2.05, 4.69) is 25.2 Å². The summed E-state index contributed by atoms with van der Waals surface area (Å²) >= 11 is 0. The van der Waals surface area contributed by atoms with Crippen LogP contribution in [-0.2, 0) is 19.0 Å². The van der Waals surface area contributed by atoms with Gasteiger partial charge in [0.25, 0.3) is 0 Å². The molecule has 4 heteroatoms. The smallest absolute Gasteiger partial charge is 0.331 e. The number of rotatable bonds is 21. The zero-order valence-electron chi connectivity index (χ0n) is 21.1. The molecular formula is C29H46O4. The largest absolute Gasteiger partial charge is 0.454 e. The Hall–Kier alpha value is -2.17. The average molecular weight is 459 g/mol. The summed E-state index contributed by atoms with van der Waals surface area (Å²) in [5.74, 6) is -0.405. The third kappa shape index (κ3) is 24.3. The number of carbonyl (C=O) groups excluding carboxylic acids is 1. The second-order valence-corrected chi connectivity index (χ2v) is 7.61. The van der Waals surface area contributed by atoms with Crippen LogP contribution in [-0.4, -0.2) is 38.5 Å². The van der Waals surface area contributed by atoms with E-state index in [4.69, 9.17) is 14.2 Å². The van der Waals surface area contributed by atoms with E-state index in [-0.39, 0.29) is 6.10 Å². The zero-order valence-corrected chi connectivity index (χ0v) is 21.1. The lowest BCUT2D eigenvalue weighted by Crippen LogP contribution is -2.28. The first-order chi connectivity index (χ1) is 16.2. The van der Waals surface area contributed by atoms with Crippen molar-refractivity contribution in [1.82, 2.24) is 0 Å². The highest BCUT2D eigenvalue weighted by atomic mass is 16.6. The van der Waals surface area contributed by atoms with Crippen molar-refractivity contribution in [3.63, 3.8) is 0 Å². The number of hydrogen-bond acceptors (Lipinski definition) is 4. The van der Waals surface area contributed by atoms with Crippen LogP contribution in [0, 0.1) is 0 Å². The molecule has 0 aromatic heterocycles. The molecule has 0 fully saturated rings. The van der Waals surface area contributed by atoms with Crippen LogP contribution in [0.5, 0.6) is 0 Å². The molecule has 0 saturated heterocycles. The molecule has 0 saturated carbocycles. The number of allylic oxidation sites excluding steroid dienone is 11. The molecule has 0 aliphatic rings. The van der Waals surface area contributed by atoms with Crippen molar-refractivity contribution in [3.05, 3.63) is 72.9 Å². The van der Waals surface area contributed by atoms with E-state index >= 15 is 0 Å². The maximum atomic E-state index is 11.9. The van der Waals surface area contributed by atoms with Crippen LogP contribution >= 0.6 is 0 Å². The highest BCUT2D eigenvalue weighted by molar-refractivity contribution is 5.82. The molecule has 0 spiro atoms. The molecule has 0 rings (SSSR count). The van der Waals surface area contributed by atoms with Crippen molar-refractivity contribution in [2.24, 2.45) is 0 Å². The predicted molar refractivity (Wildman–Crippen MR) is 140 cm³/mol. The van der Waals surface area contributed by atoms with E-state index < -0.39 is 5.97 Å². The second-order valence-electron chi connectivity index (χ2n) is 7.61. The lowest BCUT2D eigenvalue weighted by molar-refractivity contribution is -0.149. The molecule has 0 aromatic rings. The quantitative estimate of drug-likeness (QED) is 0.0775. The third-order valence-corrected chi connectivity index (χ3v) is 4.64. The highest BCUT2D eigenvalue weighted by Crippen LogP contribution is 2.08. The normalized spacial score (nSPS) is 12.8. The SMILES string of the molecule is CCCCCCCCC/C=C/C=C/C=C/C=C/C=C/C=C/C(=O)OC(COCC)COCC. The van der Waals surface area contributed by atoms with Gasteiger partial charge in [-0.1, -0.05) is 112 Å². The Labute approximate surface area is 202 Å². The summed E-state index contributed by atoms with van der Waals surface area (Å²) in [7, 11) is 0. The van der Waals surface area contributed by atoms with Gasteiger partial charge in [-0.3, -0.25) is 0 Å². The molecule has 0 heterocycles. The topological polar surface area (TPSA) is 44.8 Å². The summed E-state index contributed by atoms with van der Waals surface area (Å²) in [4.78, 5) is 11.9. The van der Waals surface area contributed by atoms with Crippen molar-refractivity contribution < 1.29 is 19.0 Å². The number of esters is 1. The van der Waals surface area contributed by atoms with E-state index in [1.54, 1.807) is 12.2 Å². The van der Waals surface area contributed by atoms with Gasteiger partial charge in [0, 0.05) is 19.3 Å². The van der Waals surface area contributed by atoms with Gasteiger partial charge in [-0.15, -0.1) is 0 Å². The molecule has 0 bridgehead atoms. The zero-order chi connectivity index (χ0) is 24.2. The van der Waals surface area contributed by atoms with Crippen LogP contribution in [0.1, 0.15) is 72.1 Å². The molecule has 0 aliphatic heterocycles. The minimum Gasteiger partial charge on any atom is -0.454 e. The molecule has 0 atom stereocenters. The maximum Gasteiger partial charge on any atom is 0.331 e. The maximum absolute atomic E-state index is 11.9. The van der Waals surface area contributed by atoms with Crippen LogP contribution in [0.3, 0.4) is 0 Å². The molecule has 0 N–H and O–H groups in total. The molecule has 0 unspecified atom stereocenters. The molecule has 0 radical (unpaired) electrons. The molecule has 186 valence electrons. The van der Waals surface area contributed by atoms with Gasteiger partial charge >= 0.3 is 5.97 Å². The average Bonchev–Trinajstić information content (AvgIpc) is 2.82. The Balaban J connectivity index is 3.94. The number of unbranched alkanes of at least 4 members (excludes halogenated alkanes) is 7. The number of hydrogen-bond donors (Lipinski definition) is 0. The van der Waals surface area contributed by atoms with Gasteiger partial charge in [0.15, 0.2) is 0 Å². The fourth-order valence-corrected chi connectivity index (χ4v) is 2.86. The van der Waals surface area contributed by atoms with Gasteiger partial charge in [0.2, 0.25) is 0 Å². The summed E-state index contributed by atoms with van der Waals surface area (Å²) < 4.78 is 16.0. The van der Waals surface area contributed by atoms with Gasteiger partial charge in [-0.2, -0.15) is 0 Å². The Bertz CT molecular complexity index is 603. The Morgan fingerprint density at radius 1 is 0.636 bits per heavy atom. The van der Waals surface area contributed by atoms with Crippen molar-refractivity contribution in [3.8, 4) is 0 Å². The number of ether oxygens (including phenoxy) is 3. The summed E-state index contributed by atoms with van der Waals surface area (Å²) in [6, 6.07) is 0. The summed E-state index contributed by atoms with van der Waals surface area (Å²) in [6.45, 7) is 7.89. The molecule has 4 nitrogen and oxygen atoms in total. The molecular weight excluding hydrogens is 412 g/mol. The third-order valence-electron chi connectivity index (χ3n) is 4.64. The Morgan fingerprint density at radius 3 is 1.67 bits per heavy atom. The first kappa shape index (κ1) is 30.8. The Kier molecular flexibility index (Phi) is 24.4. The summed E-state index contributed by atoms with van der Waals surface area (Å²) in [5.41, 5.74) is 0. The van der Waals surface area contributed by atoms with Gasteiger partial charge < -0.3 is 14.2 Å². The highest BCUT2D eigenvalue weighted by Gasteiger charge is 2.12. The van der Waals surface area contributed by atoms with E-state index in [1.807, 2.05) is 50.3 Å². The first-order valence-corrected chi connectivity index (χ1v) is 12.6. The second kappa shape index (κ2) is 26.1. The van der Waals surface area contributed by atoms with Crippen LogP contribution in [0.15, 0.2) is 72.9 Å². The van der Waals surface area contributed by atoms with E-state index in [0.29, 0.717) is 26.4 Å². The van der Waals surface area contributed by atoms with Crippen LogP contribution < -0.4 is 0 Å². The van der Waals surface area contributed by atoms with Crippen molar-refractivity contribution in [1.29, 1.82) is 0 Å². The molecule has 0 amide bonds. The lowest BCUT2D eigenvalue weighted by Gasteiger charge is -2.16. The van der Waals surface area contributed by atoms with Crippen molar-refractivity contribution in [2.75, 3.05) is 26.4 Å². The number of carbonyl (C=O) groups is 1. The van der Waals surface area contributed by atoms with Gasteiger partial charge in [-0.05, 0) is 26.7 Å². The fraction of sp³-hybridized carbons (Fsp3) is 0.552. The molecule has 0 aromatic carbocycles. The molecule has 0 aliphatic carbocycles. The monoisotopic (exact) mass is 458 g/mol. The summed E-state index contributed by atoms with van der Waals surface area (Å²) in [6.07, 6.45) is 33.2. The fourth-order valence-electron chi connectivity index (χ4n) is 2.86. The van der Waals surface area contributed by atoms with Gasteiger partial charge in [0.05, 0.1) is 13.2 Å².